The SMILES string of the molecule is COc1ccc(OC[C@H](O)C/C=C/C=O)cc1. The van der Waals surface area contributed by atoms with Gasteiger partial charge in [0.15, 0.2) is 0 Å². The molecular weight excluding hydrogens is 220 g/mol. The summed E-state index contributed by atoms with van der Waals surface area (Å²) in [7, 11) is 1.60. The normalized spacial score (nSPS) is 12.4. The summed E-state index contributed by atoms with van der Waals surface area (Å²) in [6, 6.07) is 7.11. The molecule has 0 amide bonds. The minimum Gasteiger partial charge on any atom is -0.497 e. The summed E-state index contributed by atoms with van der Waals surface area (Å²) < 4.78 is 10.4. The van der Waals surface area contributed by atoms with E-state index in [0.717, 1.165) is 5.75 Å². The summed E-state index contributed by atoms with van der Waals surface area (Å²) in [4.78, 5) is 10.0. The molecule has 0 spiro atoms. The number of hydrogen-bond donors (Lipinski definition) is 1. The van der Waals surface area contributed by atoms with Crippen LogP contribution in [0.15, 0.2) is 36.4 Å². The van der Waals surface area contributed by atoms with Crippen LogP contribution in [0.3, 0.4) is 0 Å². The zero-order valence-electron chi connectivity index (χ0n) is 9.70. The highest BCUT2D eigenvalue weighted by Crippen LogP contribution is 2.17. The molecule has 0 unspecified atom stereocenters. The van der Waals surface area contributed by atoms with Gasteiger partial charge in [-0.25, -0.2) is 0 Å². The average Bonchev–Trinajstić information content (AvgIpc) is 2.37. The quantitative estimate of drug-likeness (QED) is 0.577. The standard InChI is InChI=1S/C13H16O4/c1-16-12-5-7-13(8-6-12)17-10-11(15)4-2-3-9-14/h2-3,5-9,11,15H,4,10H2,1H3/b3-2+/t11-/m1/s1. The molecule has 92 valence electrons. The number of aliphatic hydroxyl groups excluding tert-OH is 1. The van der Waals surface area contributed by atoms with Crippen LogP contribution >= 0.6 is 0 Å². The molecule has 0 radical (unpaired) electrons. The van der Waals surface area contributed by atoms with Crippen LogP contribution in [-0.4, -0.2) is 31.2 Å². The minimum absolute atomic E-state index is 0.190. The van der Waals surface area contributed by atoms with Crippen LogP contribution in [0.25, 0.3) is 0 Å². The minimum atomic E-state index is -0.617. The maximum absolute atomic E-state index is 10.0. The van der Waals surface area contributed by atoms with Crippen molar-refractivity contribution in [2.75, 3.05) is 13.7 Å². The van der Waals surface area contributed by atoms with Crippen molar-refractivity contribution in [1.29, 1.82) is 0 Å². The van der Waals surface area contributed by atoms with Gasteiger partial charge in [-0.3, -0.25) is 4.79 Å². The van der Waals surface area contributed by atoms with Crippen molar-refractivity contribution in [1.82, 2.24) is 0 Å². The molecule has 4 nitrogen and oxygen atoms in total. The molecule has 4 heteroatoms. The Morgan fingerprint density at radius 3 is 2.53 bits per heavy atom. The Bertz CT molecular complexity index is 356. The number of carbonyl (C=O) groups is 1. The van der Waals surface area contributed by atoms with Crippen molar-refractivity contribution in [3.8, 4) is 11.5 Å². The lowest BCUT2D eigenvalue weighted by atomic mass is 10.2. The molecule has 1 aromatic carbocycles. The summed E-state index contributed by atoms with van der Waals surface area (Å²) >= 11 is 0. The lowest BCUT2D eigenvalue weighted by molar-refractivity contribution is -0.104. The molecule has 0 bridgehead atoms. The molecular formula is C13H16O4. The van der Waals surface area contributed by atoms with E-state index in [2.05, 4.69) is 0 Å². The predicted octanol–water partition coefficient (Wildman–Crippen LogP) is 1.58. The fourth-order valence-electron chi connectivity index (χ4n) is 1.22. The van der Waals surface area contributed by atoms with Gasteiger partial charge >= 0.3 is 0 Å². The fraction of sp³-hybridized carbons (Fsp3) is 0.308. The van der Waals surface area contributed by atoms with Gasteiger partial charge in [-0.1, -0.05) is 6.08 Å². The molecule has 0 aromatic heterocycles. The van der Waals surface area contributed by atoms with E-state index < -0.39 is 6.10 Å². The number of carbonyl (C=O) groups excluding carboxylic acids is 1. The average molecular weight is 236 g/mol. The van der Waals surface area contributed by atoms with Crippen LogP contribution in [0.4, 0.5) is 0 Å². The first-order valence-electron chi connectivity index (χ1n) is 5.31. The number of allylic oxidation sites excluding steroid dienone is 1. The third-order valence-electron chi connectivity index (χ3n) is 2.12. The van der Waals surface area contributed by atoms with Gasteiger partial charge in [-0.15, -0.1) is 0 Å². The lowest BCUT2D eigenvalue weighted by Gasteiger charge is -2.10. The zero-order valence-corrected chi connectivity index (χ0v) is 9.70. The van der Waals surface area contributed by atoms with E-state index >= 15 is 0 Å². The van der Waals surface area contributed by atoms with Gasteiger partial charge < -0.3 is 14.6 Å². The van der Waals surface area contributed by atoms with Gasteiger partial charge in [0, 0.05) is 0 Å². The van der Waals surface area contributed by atoms with Crippen molar-refractivity contribution in [2.24, 2.45) is 0 Å². The van der Waals surface area contributed by atoms with Crippen LogP contribution in [-0.2, 0) is 4.79 Å². The van der Waals surface area contributed by atoms with Crippen LogP contribution in [0.1, 0.15) is 6.42 Å². The molecule has 1 atom stereocenters. The molecule has 1 aromatic rings. The van der Waals surface area contributed by atoms with Gasteiger partial charge in [0.2, 0.25) is 0 Å². The van der Waals surface area contributed by atoms with Gasteiger partial charge in [-0.05, 0) is 36.8 Å². The van der Waals surface area contributed by atoms with E-state index in [1.54, 1.807) is 37.5 Å². The smallest absolute Gasteiger partial charge is 0.142 e. The van der Waals surface area contributed by atoms with E-state index in [1.165, 1.54) is 6.08 Å². The zero-order chi connectivity index (χ0) is 12.5. The monoisotopic (exact) mass is 236 g/mol. The first-order valence-corrected chi connectivity index (χ1v) is 5.31. The topological polar surface area (TPSA) is 55.8 Å². The Hall–Kier alpha value is -1.81. The fourth-order valence-corrected chi connectivity index (χ4v) is 1.22. The molecule has 0 aliphatic rings. The van der Waals surface area contributed by atoms with Crippen LogP contribution in [0.2, 0.25) is 0 Å². The number of ether oxygens (including phenoxy) is 2. The van der Waals surface area contributed by atoms with Crippen LogP contribution < -0.4 is 9.47 Å². The predicted molar refractivity (Wildman–Crippen MR) is 64.3 cm³/mol. The Balaban J connectivity index is 2.33. The Morgan fingerprint density at radius 2 is 1.94 bits per heavy atom. The van der Waals surface area contributed by atoms with Gasteiger partial charge in [0.25, 0.3) is 0 Å². The van der Waals surface area contributed by atoms with Gasteiger partial charge in [-0.2, -0.15) is 0 Å². The summed E-state index contributed by atoms with van der Waals surface area (Å²) in [5, 5.41) is 9.52. The van der Waals surface area contributed by atoms with Crippen molar-refractivity contribution >= 4 is 6.29 Å². The number of methoxy groups -OCH3 is 1. The lowest BCUT2D eigenvalue weighted by Crippen LogP contribution is -2.16. The Labute approximate surface area is 100 Å². The number of aliphatic hydroxyl groups is 1. The van der Waals surface area contributed by atoms with Crippen molar-refractivity contribution in [2.45, 2.75) is 12.5 Å². The summed E-state index contributed by atoms with van der Waals surface area (Å²) in [6.45, 7) is 0.190. The van der Waals surface area contributed by atoms with E-state index in [0.29, 0.717) is 18.5 Å². The van der Waals surface area contributed by atoms with E-state index in [9.17, 15) is 9.90 Å². The summed E-state index contributed by atoms with van der Waals surface area (Å²) in [6.07, 6.45) is 3.42. The van der Waals surface area contributed by atoms with E-state index in [-0.39, 0.29) is 6.61 Å². The number of benzene rings is 1. The van der Waals surface area contributed by atoms with Crippen molar-refractivity contribution in [3.05, 3.63) is 36.4 Å². The van der Waals surface area contributed by atoms with Crippen LogP contribution in [0, 0.1) is 0 Å². The second-order valence-electron chi connectivity index (χ2n) is 3.44. The highest BCUT2D eigenvalue weighted by molar-refractivity contribution is 5.64. The number of rotatable bonds is 7. The largest absolute Gasteiger partial charge is 0.497 e. The molecule has 0 aliphatic heterocycles. The van der Waals surface area contributed by atoms with Crippen LogP contribution in [0.5, 0.6) is 11.5 Å². The maximum Gasteiger partial charge on any atom is 0.142 e. The van der Waals surface area contributed by atoms with Crippen molar-refractivity contribution in [3.63, 3.8) is 0 Å². The second kappa shape index (κ2) is 7.46. The molecule has 1 N–H and O–H groups in total. The molecule has 0 aliphatic carbocycles. The number of hydrogen-bond acceptors (Lipinski definition) is 4. The number of aldehydes is 1. The third-order valence-corrected chi connectivity index (χ3v) is 2.12. The third kappa shape index (κ3) is 5.17. The maximum atomic E-state index is 10.0. The molecule has 0 saturated carbocycles. The molecule has 0 fully saturated rings. The second-order valence-corrected chi connectivity index (χ2v) is 3.44. The Morgan fingerprint density at radius 1 is 1.29 bits per heavy atom. The molecule has 17 heavy (non-hydrogen) atoms. The first-order chi connectivity index (χ1) is 8.26. The Kier molecular flexibility index (Phi) is 5.82. The highest BCUT2D eigenvalue weighted by Gasteiger charge is 2.03. The van der Waals surface area contributed by atoms with Gasteiger partial charge in [0.05, 0.1) is 13.2 Å². The van der Waals surface area contributed by atoms with E-state index in [1.807, 2.05) is 0 Å². The highest BCUT2D eigenvalue weighted by atomic mass is 16.5. The van der Waals surface area contributed by atoms with Crippen molar-refractivity contribution < 1.29 is 19.4 Å². The summed E-state index contributed by atoms with van der Waals surface area (Å²) in [5.74, 6) is 1.43. The molecule has 0 heterocycles. The molecule has 1 rings (SSSR count). The molecule has 0 saturated heterocycles. The first kappa shape index (κ1) is 13.3. The van der Waals surface area contributed by atoms with Gasteiger partial charge in [0.1, 0.15) is 24.4 Å². The summed E-state index contributed by atoms with van der Waals surface area (Å²) in [5.41, 5.74) is 0. The van der Waals surface area contributed by atoms with E-state index in [4.69, 9.17) is 9.47 Å².